The standard InChI is InChI=1S/C15H17F3N2O2/c1-9-14(22)20(10(2)13(21)19(9)3)8-11-5-4-6-12(7-11)15(16,17)18/h4-7,9-10H,8H2,1-3H3/t9-,10-/m0/s1. The molecule has 0 aromatic heterocycles. The first kappa shape index (κ1) is 16.3. The second-order valence-electron chi connectivity index (χ2n) is 5.47. The lowest BCUT2D eigenvalue weighted by Gasteiger charge is -2.41. The number of hydrogen-bond acceptors (Lipinski definition) is 2. The summed E-state index contributed by atoms with van der Waals surface area (Å²) < 4.78 is 38.2. The largest absolute Gasteiger partial charge is 0.416 e. The summed E-state index contributed by atoms with van der Waals surface area (Å²) in [7, 11) is 1.54. The Morgan fingerprint density at radius 1 is 1.09 bits per heavy atom. The normalized spacial score (nSPS) is 23.2. The maximum absolute atomic E-state index is 12.7. The topological polar surface area (TPSA) is 40.6 Å². The highest BCUT2D eigenvalue weighted by molar-refractivity contribution is 5.96. The third-order valence-electron chi connectivity index (χ3n) is 4.00. The van der Waals surface area contributed by atoms with Gasteiger partial charge < -0.3 is 9.80 Å². The number of nitrogens with zero attached hydrogens (tertiary/aromatic N) is 2. The van der Waals surface area contributed by atoms with Gasteiger partial charge in [-0.15, -0.1) is 0 Å². The van der Waals surface area contributed by atoms with Crippen LogP contribution in [0.2, 0.25) is 0 Å². The number of halogens is 3. The van der Waals surface area contributed by atoms with Gasteiger partial charge >= 0.3 is 6.18 Å². The van der Waals surface area contributed by atoms with E-state index in [1.807, 2.05) is 0 Å². The number of amides is 2. The Hall–Kier alpha value is -2.05. The molecule has 0 bridgehead atoms. The first-order chi connectivity index (χ1) is 10.1. The van der Waals surface area contributed by atoms with Gasteiger partial charge in [0.1, 0.15) is 12.1 Å². The molecule has 2 atom stereocenters. The number of hydrogen-bond donors (Lipinski definition) is 0. The molecule has 1 saturated heterocycles. The van der Waals surface area contributed by atoms with Gasteiger partial charge in [-0.2, -0.15) is 13.2 Å². The van der Waals surface area contributed by atoms with Gasteiger partial charge in [0.15, 0.2) is 0 Å². The van der Waals surface area contributed by atoms with Crippen molar-refractivity contribution in [2.75, 3.05) is 7.05 Å². The average Bonchev–Trinajstić information content (AvgIpc) is 2.47. The van der Waals surface area contributed by atoms with Gasteiger partial charge in [0, 0.05) is 13.6 Å². The summed E-state index contributed by atoms with van der Waals surface area (Å²) in [6, 6.07) is 3.50. The summed E-state index contributed by atoms with van der Waals surface area (Å²) in [6.45, 7) is 3.16. The van der Waals surface area contributed by atoms with Crippen LogP contribution in [0.25, 0.3) is 0 Å². The number of benzene rings is 1. The van der Waals surface area contributed by atoms with Gasteiger partial charge in [0.25, 0.3) is 0 Å². The summed E-state index contributed by atoms with van der Waals surface area (Å²) in [5.41, 5.74) is -0.418. The molecule has 1 heterocycles. The van der Waals surface area contributed by atoms with Gasteiger partial charge in [-0.1, -0.05) is 12.1 Å². The average molecular weight is 314 g/mol. The summed E-state index contributed by atoms with van der Waals surface area (Å²) in [6.07, 6.45) is -4.43. The molecule has 22 heavy (non-hydrogen) atoms. The molecule has 7 heteroatoms. The van der Waals surface area contributed by atoms with Crippen molar-refractivity contribution in [2.45, 2.75) is 38.7 Å². The SMILES string of the molecule is C[C@H]1C(=O)N(Cc2cccc(C(F)(F)F)c2)[C@@H](C)C(=O)N1C. The maximum atomic E-state index is 12.7. The van der Waals surface area contributed by atoms with Crippen LogP contribution >= 0.6 is 0 Å². The van der Waals surface area contributed by atoms with Crippen molar-refractivity contribution in [3.63, 3.8) is 0 Å². The molecule has 120 valence electrons. The van der Waals surface area contributed by atoms with E-state index in [9.17, 15) is 22.8 Å². The van der Waals surface area contributed by atoms with Gasteiger partial charge in [-0.25, -0.2) is 0 Å². The fourth-order valence-corrected chi connectivity index (χ4v) is 2.47. The molecule has 1 fully saturated rings. The number of piperazine rings is 1. The molecule has 1 aromatic carbocycles. The molecule has 1 aromatic rings. The summed E-state index contributed by atoms with van der Waals surface area (Å²) in [5, 5.41) is 0. The van der Waals surface area contributed by atoms with Crippen LogP contribution in [0.1, 0.15) is 25.0 Å². The molecule has 0 N–H and O–H groups in total. The van der Waals surface area contributed by atoms with Gasteiger partial charge in [0.05, 0.1) is 5.56 Å². The van der Waals surface area contributed by atoms with E-state index >= 15 is 0 Å². The lowest BCUT2D eigenvalue weighted by Crippen LogP contribution is -2.61. The van der Waals surface area contributed by atoms with Gasteiger partial charge in [0.2, 0.25) is 11.8 Å². The number of alkyl halides is 3. The van der Waals surface area contributed by atoms with Crippen LogP contribution in [-0.2, 0) is 22.3 Å². The highest BCUT2D eigenvalue weighted by Crippen LogP contribution is 2.30. The zero-order valence-electron chi connectivity index (χ0n) is 12.5. The summed E-state index contributed by atoms with van der Waals surface area (Å²) in [4.78, 5) is 27.0. The van der Waals surface area contributed by atoms with Crippen LogP contribution < -0.4 is 0 Å². The van der Waals surface area contributed by atoms with Crippen LogP contribution in [-0.4, -0.2) is 40.7 Å². The van der Waals surface area contributed by atoms with E-state index in [0.717, 1.165) is 12.1 Å². The second kappa shape index (κ2) is 5.62. The van der Waals surface area contributed by atoms with Crippen molar-refractivity contribution in [1.29, 1.82) is 0 Å². The highest BCUT2D eigenvalue weighted by atomic mass is 19.4. The number of rotatable bonds is 2. The first-order valence-corrected chi connectivity index (χ1v) is 6.86. The zero-order valence-corrected chi connectivity index (χ0v) is 12.5. The summed E-state index contributed by atoms with van der Waals surface area (Å²) in [5.74, 6) is -0.494. The number of carbonyl (C=O) groups is 2. The van der Waals surface area contributed by atoms with Crippen molar-refractivity contribution in [1.82, 2.24) is 9.80 Å². The minimum absolute atomic E-state index is 0.0200. The van der Waals surface area contributed by atoms with Crippen molar-refractivity contribution in [3.8, 4) is 0 Å². The van der Waals surface area contributed by atoms with E-state index in [0.29, 0.717) is 5.56 Å². The first-order valence-electron chi connectivity index (χ1n) is 6.86. The predicted molar refractivity (Wildman–Crippen MR) is 73.7 cm³/mol. The lowest BCUT2D eigenvalue weighted by molar-refractivity contribution is -0.159. The van der Waals surface area contributed by atoms with Gasteiger partial charge in [-0.05, 0) is 31.5 Å². The highest BCUT2D eigenvalue weighted by Gasteiger charge is 2.40. The Morgan fingerprint density at radius 2 is 1.73 bits per heavy atom. The number of likely N-dealkylation sites (N-methyl/N-ethyl adjacent to an activating group) is 1. The van der Waals surface area contributed by atoms with E-state index in [1.54, 1.807) is 20.9 Å². The monoisotopic (exact) mass is 314 g/mol. The molecule has 0 unspecified atom stereocenters. The van der Waals surface area contributed by atoms with Crippen LogP contribution in [0.5, 0.6) is 0 Å². The Kier molecular flexibility index (Phi) is 4.17. The quantitative estimate of drug-likeness (QED) is 0.840. The van der Waals surface area contributed by atoms with E-state index in [4.69, 9.17) is 0 Å². The van der Waals surface area contributed by atoms with Crippen LogP contribution in [0, 0.1) is 0 Å². The van der Waals surface area contributed by atoms with E-state index in [-0.39, 0.29) is 18.4 Å². The minimum Gasteiger partial charge on any atom is -0.332 e. The Bertz CT molecular complexity index is 601. The molecule has 0 radical (unpaired) electrons. The fourth-order valence-electron chi connectivity index (χ4n) is 2.47. The molecule has 1 aliphatic rings. The van der Waals surface area contributed by atoms with Crippen molar-refractivity contribution < 1.29 is 22.8 Å². The molecular weight excluding hydrogens is 297 g/mol. The molecule has 4 nitrogen and oxygen atoms in total. The fraction of sp³-hybridized carbons (Fsp3) is 0.467. The van der Waals surface area contributed by atoms with E-state index < -0.39 is 23.8 Å². The summed E-state index contributed by atoms with van der Waals surface area (Å²) >= 11 is 0. The predicted octanol–water partition coefficient (Wildman–Crippen LogP) is 2.28. The smallest absolute Gasteiger partial charge is 0.332 e. The molecule has 2 amide bonds. The van der Waals surface area contributed by atoms with E-state index in [2.05, 4.69) is 0 Å². The molecule has 1 aliphatic heterocycles. The van der Waals surface area contributed by atoms with Crippen LogP contribution in [0.15, 0.2) is 24.3 Å². The molecule has 0 spiro atoms. The number of carbonyl (C=O) groups excluding carboxylic acids is 2. The third-order valence-corrected chi connectivity index (χ3v) is 4.00. The zero-order chi connectivity index (χ0) is 16.7. The van der Waals surface area contributed by atoms with Crippen molar-refractivity contribution >= 4 is 11.8 Å². The van der Waals surface area contributed by atoms with Crippen molar-refractivity contribution in [3.05, 3.63) is 35.4 Å². The Labute approximate surface area is 126 Å². The maximum Gasteiger partial charge on any atom is 0.416 e. The minimum atomic E-state index is -4.43. The third kappa shape index (κ3) is 2.93. The Morgan fingerprint density at radius 3 is 2.32 bits per heavy atom. The molecule has 2 rings (SSSR count). The molecule has 0 saturated carbocycles. The lowest BCUT2D eigenvalue weighted by atomic mass is 10.0. The van der Waals surface area contributed by atoms with Gasteiger partial charge in [-0.3, -0.25) is 9.59 Å². The molecule has 0 aliphatic carbocycles. The molecular formula is C15H17F3N2O2. The Balaban J connectivity index is 2.26. The van der Waals surface area contributed by atoms with Crippen molar-refractivity contribution in [2.24, 2.45) is 0 Å². The van der Waals surface area contributed by atoms with Crippen LogP contribution in [0.4, 0.5) is 13.2 Å². The van der Waals surface area contributed by atoms with Crippen LogP contribution in [0.3, 0.4) is 0 Å². The van der Waals surface area contributed by atoms with E-state index in [1.165, 1.54) is 21.9 Å². The second-order valence-corrected chi connectivity index (χ2v) is 5.47.